The number of hydrogen-bond acceptors (Lipinski definition) is 8. The van der Waals surface area contributed by atoms with E-state index in [0.717, 1.165) is 11.8 Å². The van der Waals surface area contributed by atoms with Crippen LogP contribution in [0.15, 0.2) is 55.0 Å². The lowest BCUT2D eigenvalue weighted by Crippen LogP contribution is -2.47. The van der Waals surface area contributed by atoms with Gasteiger partial charge in [-0.3, -0.25) is 4.79 Å². The molecule has 3 rings (SSSR count). The maximum atomic E-state index is 12.6. The molecule has 2 atom stereocenters. The van der Waals surface area contributed by atoms with Crippen LogP contribution >= 0.6 is 0 Å². The van der Waals surface area contributed by atoms with Crippen LogP contribution < -0.4 is 10.1 Å². The number of ether oxygens (including phenoxy) is 1. The molecule has 2 unspecified atom stereocenters. The lowest BCUT2D eigenvalue weighted by molar-refractivity contribution is 0.0689. The van der Waals surface area contributed by atoms with Crippen molar-refractivity contribution in [2.75, 3.05) is 19.4 Å². The van der Waals surface area contributed by atoms with Crippen LogP contribution in [0.25, 0.3) is 11.1 Å². The Morgan fingerprint density at radius 2 is 1.89 bits per heavy atom. The first-order valence-electron chi connectivity index (χ1n) is 11.5. The predicted octanol–water partition coefficient (Wildman–Crippen LogP) is 2.80. The number of phenolic OH excluding ortho intramolecular Hbond substituents is 1. The number of aromatic hydroxyl groups is 1. The van der Waals surface area contributed by atoms with Gasteiger partial charge in [-0.15, -0.1) is 0 Å². The Bertz CT molecular complexity index is 1290. The Labute approximate surface area is 210 Å². The number of para-hydroxylation sites is 1. The first-order valence-corrected chi connectivity index (χ1v) is 13.4. The monoisotopic (exact) mass is 516 g/mol. The second kappa shape index (κ2) is 11.1. The average molecular weight is 517 g/mol. The summed E-state index contributed by atoms with van der Waals surface area (Å²) in [5.41, 5.74) is 1.47. The number of nitrogens with zero attached hydrogens (tertiary/aromatic N) is 3. The molecule has 2 aromatic heterocycles. The summed E-state index contributed by atoms with van der Waals surface area (Å²) in [5, 5.41) is 27.4. The summed E-state index contributed by atoms with van der Waals surface area (Å²) in [7, 11) is -3.72. The molecule has 0 saturated carbocycles. The molecule has 0 fully saturated rings. The van der Waals surface area contributed by atoms with E-state index in [4.69, 9.17) is 4.74 Å². The summed E-state index contributed by atoms with van der Waals surface area (Å²) in [6.45, 7) is 5.82. The number of hydrogen-bond donors (Lipinski definition) is 3. The topological polar surface area (TPSA) is 144 Å². The highest BCUT2D eigenvalue weighted by Gasteiger charge is 2.39. The average Bonchev–Trinajstić information content (AvgIpc) is 3.32. The number of aromatic nitrogens is 3. The first kappa shape index (κ1) is 27.2. The number of aliphatic hydroxyl groups is 1. The smallest absolute Gasteiger partial charge is 0.255 e. The third-order valence-corrected chi connectivity index (χ3v) is 7.92. The van der Waals surface area contributed by atoms with Gasteiger partial charge in [0.25, 0.3) is 5.91 Å². The van der Waals surface area contributed by atoms with E-state index in [0.29, 0.717) is 24.0 Å². The SMILES string of the molecule is CC(C)COc1ccc(-c2cnn(C(O)CC(C)(CNC(=O)c3ccccc3O)S(C)(=O)=O)c2)cn1. The highest BCUT2D eigenvalue weighted by molar-refractivity contribution is 7.92. The number of nitrogens with one attached hydrogen (secondary N) is 1. The molecule has 0 saturated heterocycles. The van der Waals surface area contributed by atoms with Gasteiger partial charge in [-0.1, -0.05) is 26.0 Å². The molecule has 194 valence electrons. The molecule has 0 aliphatic heterocycles. The Hall–Kier alpha value is -3.44. The van der Waals surface area contributed by atoms with Gasteiger partial charge in [-0.05, 0) is 31.0 Å². The number of carbonyl (C=O) groups excluding carboxylic acids is 1. The summed E-state index contributed by atoms with van der Waals surface area (Å²) in [4.78, 5) is 16.8. The van der Waals surface area contributed by atoms with Crippen molar-refractivity contribution in [3.8, 4) is 22.8 Å². The first-order chi connectivity index (χ1) is 16.9. The van der Waals surface area contributed by atoms with Gasteiger partial charge in [-0.2, -0.15) is 5.10 Å². The predicted molar refractivity (Wildman–Crippen MR) is 135 cm³/mol. The summed E-state index contributed by atoms with van der Waals surface area (Å²) in [6, 6.07) is 9.54. The summed E-state index contributed by atoms with van der Waals surface area (Å²) in [6.07, 6.45) is 4.33. The van der Waals surface area contributed by atoms with E-state index in [2.05, 4.69) is 15.4 Å². The molecular weight excluding hydrogens is 484 g/mol. The van der Waals surface area contributed by atoms with E-state index in [1.807, 2.05) is 19.9 Å². The molecule has 2 heterocycles. The minimum Gasteiger partial charge on any atom is -0.507 e. The highest BCUT2D eigenvalue weighted by Crippen LogP contribution is 2.28. The van der Waals surface area contributed by atoms with Crippen molar-refractivity contribution in [3.05, 3.63) is 60.6 Å². The molecule has 0 aliphatic carbocycles. The number of aliphatic hydroxyl groups excluding tert-OH is 1. The molecule has 1 amide bonds. The third kappa shape index (κ3) is 6.61. The van der Waals surface area contributed by atoms with E-state index in [1.165, 1.54) is 23.7 Å². The van der Waals surface area contributed by atoms with Crippen molar-refractivity contribution in [2.24, 2.45) is 5.92 Å². The van der Waals surface area contributed by atoms with Crippen LogP contribution in [0.4, 0.5) is 0 Å². The molecule has 0 radical (unpaired) electrons. The number of pyridine rings is 1. The number of phenols is 1. The van der Waals surface area contributed by atoms with Crippen LogP contribution in [0, 0.1) is 5.92 Å². The van der Waals surface area contributed by atoms with Gasteiger partial charge in [0.15, 0.2) is 9.84 Å². The Morgan fingerprint density at radius 3 is 2.50 bits per heavy atom. The Balaban J connectivity index is 1.71. The lowest BCUT2D eigenvalue weighted by Gasteiger charge is -2.30. The maximum Gasteiger partial charge on any atom is 0.255 e. The number of carbonyl (C=O) groups is 1. The van der Waals surface area contributed by atoms with Crippen LogP contribution in [-0.2, 0) is 9.84 Å². The standard InChI is InChI=1S/C25H32N4O6S/c1-17(2)15-35-22-10-9-18(12-26-22)19-13-28-29(14-19)23(31)11-25(3,36(4,33)34)16-27-24(32)20-7-5-6-8-21(20)30/h5-10,12-14,17,23,30-31H,11,15-16H2,1-4H3,(H,27,32). The lowest BCUT2D eigenvalue weighted by atomic mass is 10.1. The Morgan fingerprint density at radius 1 is 1.17 bits per heavy atom. The zero-order valence-corrected chi connectivity index (χ0v) is 21.6. The van der Waals surface area contributed by atoms with Crippen molar-refractivity contribution in [1.29, 1.82) is 0 Å². The minimum atomic E-state index is -3.72. The van der Waals surface area contributed by atoms with Gasteiger partial charge in [-0.25, -0.2) is 18.1 Å². The van der Waals surface area contributed by atoms with Crippen LogP contribution in [0.2, 0.25) is 0 Å². The van der Waals surface area contributed by atoms with Gasteiger partial charge in [0.1, 0.15) is 12.0 Å². The summed E-state index contributed by atoms with van der Waals surface area (Å²) < 4.78 is 30.6. The van der Waals surface area contributed by atoms with Gasteiger partial charge >= 0.3 is 0 Å². The van der Waals surface area contributed by atoms with Crippen molar-refractivity contribution < 1.29 is 28.2 Å². The fourth-order valence-corrected chi connectivity index (χ4v) is 4.19. The van der Waals surface area contributed by atoms with E-state index < -0.39 is 26.7 Å². The zero-order chi connectivity index (χ0) is 26.5. The summed E-state index contributed by atoms with van der Waals surface area (Å²) in [5.74, 6) is 0.0543. The molecule has 10 nitrogen and oxygen atoms in total. The van der Waals surface area contributed by atoms with Gasteiger partial charge in [0.05, 0.1) is 23.1 Å². The molecule has 0 aliphatic rings. The molecule has 0 spiro atoms. The third-order valence-electron chi connectivity index (χ3n) is 5.82. The molecule has 3 N–H and O–H groups in total. The van der Waals surface area contributed by atoms with Crippen LogP contribution in [0.1, 0.15) is 43.8 Å². The molecule has 3 aromatic rings. The van der Waals surface area contributed by atoms with Crippen LogP contribution in [0.5, 0.6) is 11.6 Å². The van der Waals surface area contributed by atoms with E-state index in [9.17, 15) is 23.4 Å². The number of sulfone groups is 1. The van der Waals surface area contributed by atoms with E-state index in [1.54, 1.807) is 36.8 Å². The zero-order valence-electron chi connectivity index (χ0n) is 20.7. The van der Waals surface area contributed by atoms with Gasteiger partial charge in [0.2, 0.25) is 5.88 Å². The second-order valence-electron chi connectivity index (χ2n) is 9.41. The quantitative estimate of drug-likeness (QED) is 0.353. The van der Waals surface area contributed by atoms with Gasteiger partial charge in [0, 0.05) is 48.8 Å². The molecular formula is C25H32N4O6S. The highest BCUT2D eigenvalue weighted by atomic mass is 32.2. The Kier molecular flexibility index (Phi) is 8.36. The molecule has 11 heteroatoms. The number of amides is 1. The fourth-order valence-electron chi connectivity index (χ4n) is 3.40. The number of rotatable bonds is 11. The normalized spacial score (nSPS) is 14.3. The largest absolute Gasteiger partial charge is 0.507 e. The van der Waals surface area contributed by atoms with Crippen molar-refractivity contribution in [1.82, 2.24) is 20.1 Å². The second-order valence-corrected chi connectivity index (χ2v) is 11.9. The van der Waals surface area contributed by atoms with Crippen LogP contribution in [-0.4, -0.2) is 63.5 Å². The van der Waals surface area contributed by atoms with Gasteiger partial charge < -0.3 is 20.3 Å². The van der Waals surface area contributed by atoms with Crippen molar-refractivity contribution >= 4 is 15.7 Å². The molecule has 1 aromatic carbocycles. The van der Waals surface area contributed by atoms with E-state index in [-0.39, 0.29) is 24.3 Å². The van der Waals surface area contributed by atoms with E-state index >= 15 is 0 Å². The van der Waals surface area contributed by atoms with Crippen LogP contribution in [0.3, 0.4) is 0 Å². The van der Waals surface area contributed by atoms with Crippen molar-refractivity contribution in [2.45, 2.75) is 38.2 Å². The molecule has 0 bridgehead atoms. The summed E-state index contributed by atoms with van der Waals surface area (Å²) >= 11 is 0. The van der Waals surface area contributed by atoms with Crippen molar-refractivity contribution in [3.63, 3.8) is 0 Å². The maximum absolute atomic E-state index is 12.6. The number of benzene rings is 1. The molecule has 36 heavy (non-hydrogen) atoms. The fraction of sp³-hybridized carbons (Fsp3) is 0.400. The minimum absolute atomic E-state index is 0.0276.